The van der Waals surface area contributed by atoms with E-state index < -0.39 is 4.92 Å². The van der Waals surface area contributed by atoms with Gasteiger partial charge in [-0.2, -0.15) is 0 Å². The lowest BCUT2D eigenvalue weighted by atomic mass is 10.3. The predicted octanol–water partition coefficient (Wildman–Crippen LogP) is 2.29. The highest BCUT2D eigenvalue weighted by Crippen LogP contribution is 2.17. The van der Waals surface area contributed by atoms with Crippen molar-refractivity contribution in [1.82, 2.24) is 4.90 Å². The Balaban J connectivity index is 2.57. The van der Waals surface area contributed by atoms with Gasteiger partial charge in [-0.3, -0.25) is 15.0 Å². The Bertz CT molecular complexity index is 390. The van der Waals surface area contributed by atoms with Crippen molar-refractivity contribution in [1.29, 1.82) is 0 Å². The van der Waals surface area contributed by atoms with Crippen molar-refractivity contribution >= 4 is 5.69 Å². The van der Waals surface area contributed by atoms with Crippen LogP contribution in [-0.4, -0.2) is 42.9 Å². The zero-order chi connectivity index (χ0) is 14.3. The molecule has 0 aliphatic carbocycles. The van der Waals surface area contributed by atoms with Crippen LogP contribution in [0.5, 0.6) is 5.75 Å². The van der Waals surface area contributed by atoms with Crippen LogP contribution in [-0.2, 0) is 4.74 Å². The SMILES string of the molecule is CCN(CC)C(COc1ccc([N+](=O)[O-])cc1)OC. The summed E-state index contributed by atoms with van der Waals surface area (Å²) in [6.45, 7) is 6.25. The number of rotatable bonds is 8. The molecule has 0 N–H and O–H groups in total. The molecule has 0 radical (unpaired) electrons. The van der Waals surface area contributed by atoms with Crippen molar-refractivity contribution in [2.24, 2.45) is 0 Å². The van der Waals surface area contributed by atoms with Crippen molar-refractivity contribution in [2.45, 2.75) is 20.1 Å². The van der Waals surface area contributed by atoms with Crippen LogP contribution in [0.3, 0.4) is 0 Å². The number of hydrogen-bond donors (Lipinski definition) is 0. The molecule has 0 aromatic heterocycles. The van der Waals surface area contributed by atoms with Crippen molar-refractivity contribution in [3.05, 3.63) is 34.4 Å². The van der Waals surface area contributed by atoms with E-state index in [9.17, 15) is 10.1 Å². The number of nitrogens with zero attached hydrogens (tertiary/aromatic N) is 2. The number of methoxy groups -OCH3 is 1. The van der Waals surface area contributed by atoms with E-state index >= 15 is 0 Å². The highest BCUT2D eigenvalue weighted by atomic mass is 16.6. The second-order valence-electron chi connectivity index (χ2n) is 3.97. The molecular weight excluding hydrogens is 248 g/mol. The van der Waals surface area contributed by atoms with Crippen LogP contribution in [0, 0.1) is 10.1 Å². The Kier molecular flexibility index (Phi) is 6.24. The van der Waals surface area contributed by atoms with Crippen molar-refractivity contribution < 1.29 is 14.4 Å². The van der Waals surface area contributed by atoms with Crippen LogP contribution in [0.15, 0.2) is 24.3 Å². The summed E-state index contributed by atoms with van der Waals surface area (Å²) in [6.07, 6.45) is -0.120. The highest BCUT2D eigenvalue weighted by molar-refractivity contribution is 5.35. The lowest BCUT2D eigenvalue weighted by Gasteiger charge is -2.28. The van der Waals surface area contributed by atoms with Gasteiger partial charge in [0.2, 0.25) is 0 Å². The molecule has 1 atom stereocenters. The fourth-order valence-electron chi connectivity index (χ4n) is 1.78. The molecule has 0 spiro atoms. The van der Waals surface area contributed by atoms with Gasteiger partial charge in [0, 0.05) is 19.2 Å². The number of hydrogen-bond acceptors (Lipinski definition) is 5. The molecule has 0 fully saturated rings. The zero-order valence-electron chi connectivity index (χ0n) is 11.5. The van der Waals surface area contributed by atoms with Gasteiger partial charge in [-0.25, -0.2) is 0 Å². The van der Waals surface area contributed by atoms with E-state index in [1.54, 1.807) is 19.2 Å². The Hall–Kier alpha value is -1.66. The minimum absolute atomic E-state index is 0.0550. The van der Waals surface area contributed by atoms with Crippen molar-refractivity contribution in [3.63, 3.8) is 0 Å². The first-order valence-corrected chi connectivity index (χ1v) is 6.26. The third kappa shape index (κ3) is 4.50. The van der Waals surface area contributed by atoms with Crippen LogP contribution in [0.25, 0.3) is 0 Å². The Labute approximate surface area is 113 Å². The van der Waals surface area contributed by atoms with Gasteiger partial charge in [0.05, 0.1) is 4.92 Å². The highest BCUT2D eigenvalue weighted by Gasteiger charge is 2.15. The van der Waals surface area contributed by atoms with Crippen LogP contribution in [0.2, 0.25) is 0 Å². The molecule has 1 aromatic carbocycles. The molecule has 0 saturated heterocycles. The molecular formula is C13H20N2O4. The summed E-state index contributed by atoms with van der Waals surface area (Å²) >= 11 is 0. The van der Waals surface area contributed by atoms with E-state index in [-0.39, 0.29) is 11.9 Å². The molecule has 0 bridgehead atoms. The molecule has 0 aliphatic rings. The van der Waals surface area contributed by atoms with Gasteiger partial charge in [-0.1, -0.05) is 13.8 Å². The summed E-state index contributed by atoms with van der Waals surface area (Å²) < 4.78 is 11.0. The number of nitro benzene ring substituents is 1. The van der Waals surface area contributed by atoms with Gasteiger partial charge < -0.3 is 9.47 Å². The van der Waals surface area contributed by atoms with E-state index in [1.807, 2.05) is 0 Å². The summed E-state index contributed by atoms with van der Waals surface area (Å²) in [5.74, 6) is 0.597. The van der Waals surface area contributed by atoms with Crippen LogP contribution in [0.4, 0.5) is 5.69 Å². The average molecular weight is 268 g/mol. The van der Waals surface area contributed by atoms with Crippen LogP contribution >= 0.6 is 0 Å². The van der Waals surface area contributed by atoms with Crippen LogP contribution in [0.1, 0.15) is 13.8 Å². The summed E-state index contributed by atoms with van der Waals surface area (Å²) in [7, 11) is 1.64. The largest absolute Gasteiger partial charge is 0.489 e. The topological polar surface area (TPSA) is 64.8 Å². The number of ether oxygens (including phenoxy) is 2. The minimum Gasteiger partial charge on any atom is -0.489 e. The van der Waals surface area contributed by atoms with Crippen LogP contribution < -0.4 is 4.74 Å². The molecule has 19 heavy (non-hydrogen) atoms. The molecule has 106 valence electrons. The van der Waals surface area contributed by atoms with E-state index in [0.29, 0.717) is 12.4 Å². The minimum atomic E-state index is -0.433. The van der Waals surface area contributed by atoms with Gasteiger partial charge in [0.15, 0.2) is 0 Å². The van der Waals surface area contributed by atoms with Gasteiger partial charge in [-0.05, 0) is 25.2 Å². The Morgan fingerprint density at radius 2 is 1.84 bits per heavy atom. The maximum Gasteiger partial charge on any atom is 0.269 e. The van der Waals surface area contributed by atoms with Crippen molar-refractivity contribution in [3.8, 4) is 5.75 Å². The summed E-state index contributed by atoms with van der Waals surface area (Å²) in [4.78, 5) is 12.2. The predicted molar refractivity (Wildman–Crippen MR) is 72.3 cm³/mol. The first-order chi connectivity index (χ1) is 9.12. The van der Waals surface area contributed by atoms with E-state index in [4.69, 9.17) is 9.47 Å². The standard InChI is InChI=1S/C13H20N2O4/c1-4-14(5-2)13(18-3)10-19-12-8-6-11(7-9-12)15(16)17/h6-9,13H,4-5,10H2,1-3H3. The second kappa shape index (κ2) is 7.70. The molecule has 6 heteroatoms. The summed E-state index contributed by atoms with van der Waals surface area (Å²) in [5.41, 5.74) is 0.0550. The first-order valence-electron chi connectivity index (χ1n) is 6.26. The molecule has 0 heterocycles. The van der Waals surface area contributed by atoms with E-state index in [0.717, 1.165) is 13.1 Å². The fraction of sp³-hybridized carbons (Fsp3) is 0.538. The number of nitro groups is 1. The molecule has 0 aliphatic heterocycles. The number of non-ortho nitro benzene ring substituents is 1. The summed E-state index contributed by atoms with van der Waals surface area (Å²) in [6, 6.07) is 6.03. The average Bonchev–Trinajstić information content (AvgIpc) is 2.43. The van der Waals surface area contributed by atoms with E-state index in [2.05, 4.69) is 18.7 Å². The molecule has 1 aromatic rings. The zero-order valence-corrected chi connectivity index (χ0v) is 11.5. The maximum absolute atomic E-state index is 10.5. The number of likely N-dealkylation sites (N-methyl/N-ethyl adjacent to an activating group) is 1. The Morgan fingerprint density at radius 1 is 1.26 bits per heavy atom. The monoisotopic (exact) mass is 268 g/mol. The van der Waals surface area contributed by atoms with Gasteiger partial charge >= 0.3 is 0 Å². The fourth-order valence-corrected chi connectivity index (χ4v) is 1.78. The first kappa shape index (κ1) is 15.4. The smallest absolute Gasteiger partial charge is 0.269 e. The maximum atomic E-state index is 10.5. The molecule has 1 rings (SSSR count). The van der Waals surface area contributed by atoms with E-state index in [1.165, 1.54) is 12.1 Å². The third-order valence-electron chi connectivity index (χ3n) is 2.93. The summed E-state index contributed by atoms with van der Waals surface area (Å²) in [5, 5.41) is 10.5. The van der Waals surface area contributed by atoms with Crippen molar-refractivity contribution in [2.75, 3.05) is 26.8 Å². The molecule has 0 amide bonds. The van der Waals surface area contributed by atoms with Gasteiger partial charge in [0.1, 0.15) is 18.6 Å². The Morgan fingerprint density at radius 3 is 2.26 bits per heavy atom. The van der Waals surface area contributed by atoms with Gasteiger partial charge in [-0.15, -0.1) is 0 Å². The molecule has 6 nitrogen and oxygen atoms in total. The van der Waals surface area contributed by atoms with Gasteiger partial charge in [0.25, 0.3) is 5.69 Å². The molecule has 0 saturated carbocycles. The lowest BCUT2D eigenvalue weighted by molar-refractivity contribution is -0.384. The molecule has 1 unspecified atom stereocenters. The normalized spacial score (nSPS) is 12.4. The third-order valence-corrected chi connectivity index (χ3v) is 2.93. The lowest BCUT2D eigenvalue weighted by Crippen LogP contribution is -2.40. The quantitative estimate of drug-likeness (QED) is 0.411. The number of benzene rings is 1. The second-order valence-corrected chi connectivity index (χ2v) is 3.97.